The van der Waals surface area contributed by atoms with E-state index in [2.05, 4.69) is 16.0 Å². The molecule has 1 heterocycles. The average molecular weight is 287 g/mol. The molecule has 1 aliphatic heterocycles. The van der Waals surface area contributed by atoms with Gasteiger partial charge in [0.1, 0.15) is 0 Å². The third-order valence-electron chi connectivity index (χ3n) is 3.20. The summed E-state index contributed by atoms with van der Waals surface area (Å²) < 4.78 is 39.1. The molecule has 1 aromatic carbocycles. The molecule has 3 N–H and O–H groups in total. The summed E-state index contributed by atoms with van der Waals surface area (Å²) in [5.74, 6) is -4.75. The number of carbonyl (C=O) groups is 1. The van der Waals surface area contributed by atoms with Crippen molar-refractivity contribution in [1.82, 2.24) is 10.6 Å². The van der Waals surface area contributed by atoms with Crippen LogP contribution < -0.4 is 16.0 Å². The SMILES string of the molecule is O=C(CNC1CCNCC1)Nc1ccc(F)c(F)c1F. The van der Waals surface area contributed by atoms with E-state index < -0.39 is 23.4 Å². The summed E-state index contributed by atoms with van der Waals surface area (Å²) in [5.41, 5.74) is -0.360. The van der Waals surface area contributed by atoms with Gasteiger partial charge in [0, 0.05) is 6.04 Å². The topological polar surface area (TPSA) is 53.2 Å². The van der Waals surface area contributed by atoms with Gasteiger partial charge in [-0.2, -0.15) is 0 Å². The van der Waals surface area contributed by atoms with Gasteiger partial charge in [-0.15, -0.1) is 0 Å². The van der Waals surface area contributed by atoms with E-state index in [4.69, 9.17) is 0 Å². The Labute approximate surface area is 114 Å². The molecular formula is C13H16F3N3O. The zero-order valence-corrected chi connectivity index (χ0v) is 10.8. The Hall–Kier alpha value is -1.60. The molecule has 1 aromatic rings. The van der Waals surface area contributed by atoms with Gasteiger partial charge in [0.2, 0.25) is 5.91 Å². The number of amides is 1. The molecule has 110 valence electrons. The van der Waals surface area contributed by atoms with Gasteiger partial charge in [0.05, 0.1) is 12.2 Å². The maximum absolute atomic E-state index is 13.4. The van der Waals surface area contributed by atoms with Crippen LogP contribution in [0.4, 0.5) is 18.9 Å². The largest absolute Gasteiger partial charge is 0.322 e. The van der Waals surface area contributed by atoms with E-state index in [1.165, 1.54) is 0 Å². The third-order valence-corrected chi connectivity index (χ3v) is 3.20. The smallest absolute Gasteiger partial charge is 0.238 e. The van der Waals surface area contributed by atoms with Crippen LogP contribution in [0.15, 0.2) is 12.1 Å². The molecule has 20 heavy (non-hydrogen) atoms. The van der Waals surface area contributed by atoms with Gasteiger partial charge in [0.25, 0.3) is 0 Å². The highest BCUT2D eigenvalue weighted by atomic mass is 19.2. The second kappa shape index (κ2) is 6.71. The Morgan fingerprint density at radius 2 is 1.90 bits per heavy atom. The van der Waals surface area contributed by atoms with E-state index in [1.54, 1.807) is 0 Å². The van der Waals surface area contributed by atoms with Crippen molar-refractivity contribution in [2.45, 2.75) is 18.9 Å². The summed E-state index contributed by atoms with van der Waals surface area (Å²) in [4.78, 5) is 11.6. The standard InChI is InChI=1S/C13H16F3N3O/c14-9-1-2-10(13(16)12(9)15)19-11(20)7-18-8-3-5-17-6-4-8/h1-2,8,17-18H,3-7H2,(H,19,20). The van der Waals surface area contributed by atoms with Crippen LogP contribution in [0.1, 0.15) is 12.8 Å². The average Bonchev–Trinajstić information content (AvgIpc) is 2.47. The minimum Gasteiger partial charge on any atom is -0.322 e. The molecule has 0 spiro atoms. The highest BCUT2D eigenvalue weighted by Gasteiger charge is 2.17. The number of nitrogens with one attached hydrogen (secondary N) is 3. The van der Waals surface area contributed by atoms with Gasteiger partial charge in [0.15, 0.2) is 17.5 Å². The fourth-order valence-corrected chi connectivity index (χ4v) is 2.08. The van der Waals surface area contributed by atoms with Crippen LogP contribution >= 0.6 is 0 Å². The van der Waals surface area contributed by atoms with E-state index in [0.29, 0.717) is 0 Å². The van der Waals surface area contributed by atoms with E-state index in [0.717, 1.165) is 38.1 Å². The van der Waals surface area contributed by atoms with Crippen molar-refractivity contribution in [2.24, 2.45) is 0 Å². The van der Waals surface area contributed by atoms with Crippen molar-refractivity contribution >= 4 is 11.6 Å². The maximum atomic E-state index is 13.4. The minimum absolute atomic E-state index is 0.00308. The molecule has 2 rings (SSSR count). The Balaban J connectivity index is 1.86. The molecule has 0 unspecified atom stereocenters. The van der Waals surface area contributed by atoms with Gasteiger partial charge in [-0.05, 0) is 38.1 Å². The fraction of sp³-hybridized carbons (Fsp3) is 0.462. The van der Waals surface area contributed by atoms with Crippen LogP contribution in [0, 0.1) is 17.5 Å². The van der Waals surface area contributed by atoms with Crippen LogP contribution in [0.3, 0.4) is 0 Å². The van der Waals surface area contributed by atoms with Gasteiger partial charge < -0.3 is 16.0 Å². The van der Waals surface area contributed by atoms with E-state index in [1.807, 2.05) is 0 Å². The lowest BCUT2D eigenvalue weighted by Gasteiger charge is -2.23. The molecule has 1 fully saturated rings. The second-order valence-electron chi connectivity index (χ2n) is 4.68. The lowest BCUT2D eigenvalue weighted by atomic mass is 10.1. The summed E-state index contributed by atoms with van der Waals surface area (Å²) >= 11 is 0. The molecule has 0 radical (unpaired) electrons. The summed E-state index contributed by atoms with van der Waals surface area (Å²) in [6.07, 6.45) is 1.82. The Bertz CT molecular complexity index is 490. The summed E-state index contributed by atoms with van der Waals surface area (Å²) in [6, 6.07) is 2.00. The summed E-state index contributed by atoms with van der Waals surface area (Å²) in [6.45, 7) is 1.78. The van der Waals surface area contributed by atoms with Crippen LogP contribution in [0.2, 0.25) is 0 Å². The molecule has 4 nitrogen and oxygen atoms in total. The zero-order chi connectivity index (χ0) is 14.5. The van der Waals surface area contributed by atoms with Crippen LogP contribution in [0.5, 0.6) is 0 Å². The molecule has 0 aliphatic carbocycles. The lowest BCUT2D eigenvalue weighted by Crippen LogP contribution is -2.43. The van der Waals surface area contributed by atoms with Gasteiger partial charge in [-0.1, -0.05) is 0 Å². The number of hydrogen-bond donors (Lipinski definition) is 3. The number of rotatable bonds is 4. The molecule has 1 aliphatic rings. The number of halogens is 3. The first kappa shape index (κ1) is 14.8. The number of anilines is 1. The van der Waals surface area contributed by atoms with E-state index in [-0.39, 0.29) is 18.3 Å². The van der Waals surface area contributed by atoms with Crippen LogP contribution in [-0.4, -0.2) is 31.6 Å². The maximum Gasteiger partial charge on any atom is 0.238 e. The minimum atomic E-state index is -1.59. The van der Waals surface area contributed by atoms with Crippen LogP contribution in [0.25, 0.3) is 0 Å². The van der Waals surface area contributed by atoms with Gasteiger partial charge in [-0.3, -0.25) is 4.79 Å². The first-order chi connectivity index (χ1) is 9.58. The molecule has 7 heteroatoms. The molecule has 0 aromatic heterocycles. The summed E-state index contributed by atoms with van der Waals surface area (Å²) in [7, 11) is 0. The highest BCUT2D eigenvalue weighted by molar-refractivity contribution is 5.92. The molecule has 0 bridgehead atoms. The quantitative estimate of drug-likeness (QED) is 0.733. The Morgan fingerprint density at radius 3 is 2.60 bits per heavy atom. The first-order valence-corrected chi connectivity index (χ1v) is 6.45. The van der Waals surface area contributed by atoms with Crippen LogP contribution in [-0.2, 0) is 4.79 Å². The van der Waals surface area contributed by atoms with Crippen molar-refractivity contribution in [1.29, 1.82) is 0 Å². The monoisotopic (exact) mass is 287 g/mol. The van der Waals surface area contributed by atoms with Gasteiger partial charge >= 0.3 is 0 Å². The van der Waals surface area contributed by atoms with Crippen molar-refractivity contribution in [3.05, 3.63) is 29.6 Å². The number of hydrogen-bond acceptors (Lipinski definition) is 3. The molecular weight excluding hydrogens is 271 g/mol. The van der Waals surface area contributed by atoms with Crippen molar-refractivity contribution < 1.29 is 18.0 Å². The van der Waals surface area contributed by atoms with Gasteiger partial charge in [-0.25, -0.2) is 13.2 Å². The zero-order valence-electron chi connectivity index (χ0n) is 10.8. The predicted molar refractivity (Wildman–Crippen MR) is 68.8 cm³/mol. The van der Waals surface area contributed by atoms with Crippen molar-refractivity contribution in [3.63, 3.8) is 0 Å². The number of benzene rings is 1. The second-order valence-corrected chi connectivity index (χ2v) is 4.68. The summed E-state index contributed by atoms with van der Waals surface area (Å²) in [5, 5.41) is 8.46. The van der Waals surface area contributed by atoms with Crippen molar-refractivity contribution in [2.75, 3.05) is 25.0 Å². The Morgan fingerprint density at radius 1 is 1.20 bits per heavy atom. The third kappa shape index (κ3) is 3.71. The molecule has 0 atom stereocenters. The lowest BCUT2D eigenvalue weighted by molar-refractivity contribution is -0.115. The molecule has 0 saturated carbocycles. The number of piperidine rings is 1. The van der Waals surface area contributed by atoms with E-state index >= 15 is 0 Å². The normalized spacial score (nSPS) is 16.1. The number of carbonyl (C=O) groups excluding carboxylic acids is 1. The van der Waals surface area contributed by atoms with E-state index in [9.17, 15) is 18.0 Å². The molecule has 1 amide bonds. The first-order valence-electron chi connectivity index (χ1n) is 6.45. The van der Waals surface area contributed by atoms with Crippen molar-refractivity contribution in [3.8, 4) is 0 Å². The fourth-order valence-electron chi connectivity index (χ4n) is 2.08. The Kier molecular flexibility index (Phi) is 4.97. The highest BCUT2D eigenvalue weighted by Crippen LogP contribution is 2.19. The predicted octanol–water partition coefficient (Wildman–Crippen LogP) is 1.38. The molecule has 1 saturated heterocycles.